The van der Waals surface area contributed by atoms with Crippen molar-refractivity contribution in [3.05, 3.63) is 41.8 Å². The van der Waals surface area contributed by atoms with Crippen LogP contribution in [0.4, 0.5) is 0 Å². The second-order valence-corrected chi connectivity index (χ2v) is 4.43. The van der Waals surface area contributed by atoms with Crippen molar-refractivity contribution in [2.45, 2.75) is 26.0 Å². The van der Waals surface area contributed by atoms with E-state index in [1.165, 1.54) is 0 Å². The predicted octanol–water partition coefficient (Wildman–Crippen LogP) is 2.15. The van der Waals surface area contributed by atoms with Gasteiger partial charge in [-0.2, -0.15) is 0 Å². The molecule has 0 fully saturated rings. The lowest BCUT2D eigenvalue weighted by Crippen LogP contribution is -2.17. The molecule has 1 atom stereocenters. The van der Waals surface area contributed by atoms with Gasteiger partial charge in [0.1, 0.15) is 6.61 Å². The van der Waals surface area contributed by atoms with E-state index in [-0.39, 0.29) is 6.04 Å². The zero-order valence-electron chi connectivity index (χ0n) is 11.1. The number of aromatic nitrogens is 1. The van der Waals surface area contributed by atoms with E-state index < -0.39 is 0 Å². The van der Waals surface area contributed by atoms with Crippen LogP contribution in [0.25, 0.3) is 0 Å². The summed E-state index contributed by atoms with van der Waals surface area (Å²) in [5.74, 6) is 2.03. The van der Waals surface area contributed by atoms with Gasteiger partial charge in [-0.25, -0.2) is 0 Å². The van der Waals surface area contributed by atoms with Gasteiger partial charge in [0.25, 0.3) is 0 Å². The van der Waals surface area contributed by atoms with Crippen LogP contribution >= 0.6 is 0 Å². The number of ether oxygens (including phenoxy) is 2. The summed E-state index contributed by atoms with van der Waals surface area (Å²) in [6.07, 6.45) is 2.39. The van der Waals surface area contributed by atoms with Gasteiger partial charge in [0, 0.05) is 12.1 Å². The topological polar surface area (TPSA) is 70.5 Å². The van der Waals surface area contributed by atoms with Gasteiger partial charge >= 0.3 is 0 Å². The molecule has 2 N–H and O–H groups in total. The Labute approximate surface area is 112 Å². The molecule has 0 aliphatic rings. The fourth-order valence-electron chi connectivity index (χ4n) is 1.80. The van der Waals surface area contributed by atoms with Gasteiger partial charge in [-0.1, -0.05) is 11.2 Å². The molecule has 1 aromatic heterocycles. The minimum absolute atomic E-state index is 0.116. The lowest BCUT2D eigenvalue weighted by Gasteiger charge is -2.12. The minimum atomic E-state index is 0.116. The molecule has 1 unspecified atom stereocenters. The van der Waals surface area contributed by atoms with Gasteiger partial charge in [-0.05, 0) is 31.0 Å². The van der Waals surface area contributed by atoms with Crippen LogP contribution in [0, 0.1) is 0 Å². The van der Waals surface area contributed by atoms with Crippen LogP contribution in [-0.2, 0) is 13.0 Å². The third kappa shape index (κ3) is 3.72. The van der Waals surface area contributed by atoms with E-state index >= 15 is 0 Å². The average molecular weight is 262 g/mol. The highest BCUT2D eigenvalue weighted by Crippen LogP contribution is 2.29. The summed E-state index contributed by atoms with van der Waals surface area (Å²) in [6, 6.07) is 7.69. The summed E-state index contributed by atoms with van der Waals surface area (Å²) in [5, 5.41) is 3.62. The second-order valence-electron chi connectivity index (χ2n) is 4.43. The Bertz CT molecular complexity index is 509. The second kappa shape index (κ2) is 6.24. The van der Waals surface area contributed by atoms with Crippen molar-refractivity contribution in [2.75, 3.05) is 7.11 Å². The highest BCUT2D eigenvalue weighted by Gasteiger charge is 2.08. The van der Waals surface area contributed by atoms with E-state index in [0.29, 0.717) is 23.9 Å². The number of nitrogens with zero attached hydrogens (tertiary/aromatic N) is 1. The number of hydrogen-bond acceptors (Lipinski definition) is 5. The summed E-state index contributed by atoms with van der Waals surface area (Å²) >= 11 is 0. The highest BCUT2D eigenvalue weighted by atomic mass is 16.5. The molecule has 5 nitrogen and oxygen atoms in total. The molecule has 5 heteroatoms. The Morgan fingerprint density at radius 3 is 2.79 bits per heavy atom. The molecule has 0 radical (unpaired) electrons. The van der Waals surface area contributed by atoms with Crippen molar-refractivity contribution in [2.24, 2.45) is 5.73 Å². The summed E-state index contributed by atoms with van der Waals surface area (Å²) in [6.45, 7) is 2.30. The van der Waals surface area contributed by atoms with Crippen LogP contribution < -0.4 is 15.2 Å². The molecule has 0 aliphatic carbocycles. The first kappa shape index (κ1) is 13.4. The number of methoxy groups -OCH3 is 1. The average Bonchev–Trinajstić information content (AvgIpc) is 2.89. The first-order valence-electron chi connectivity index (χ1n) is 6.14. The van der Waals surface area contributed by atoms with E-state index in [2.05, 4.69) is 5.16 Å². The fraction of sp³-hybridized carbons (Fsp3) is 0.357. The zero-order chi connectivity index (χ0) is 13.7. The van der Waals surface area contributed by atoms with Crippen LogP contribution in [0.15, 0.2) is 35.0 Å². The van der Waals surface area contributed by atoms with Crippen molar-refractivity contribution < 1.29 is 14.0 Å². The Morgan fingerprint density at radius 2 is 2.16 bits per heavy atom. The maximum atomic E-state index is 5.79. The van der Waals surface area contributed by atoms with Crippen LogP contribution in [0.3, 0.4) is 0 Å². The normalized spacial score (nSPS) is 12.2. The molecule has 102 valence electrons. The number of rotatable bonds is 6. The molecule has 2 rings (SSSR count). The summed E-state index contributed by atoms with van der Waals surface area (Å²) in [5.41, 5.74) is 6.91. The van der Waals surface area contributed by atoms with Gasteiger partial charge < -0.3 is 19.7 Å². The van der Waals surface area contributed by atoms with Gasteiger partial charge in [-0.3, -0.25) is 0 Å². The molecule has 19 heavy (non-hydrogen) atoms. The van der Waals surface area contributed by atoms with Gasteiger partial charge in [-0.15, -0.1) is 0 Å². The summed E-state index contributed by atoms with van der Waals surface area (Å²) in [4.78, 5) is 0. The molecule has 0 saturated carbocycles. The maximum absolute atomic E-state index is 5.79. The lowest BCUT2D eigenvalue weighted by molar-refractivity contribution is 0.239. The fourth-order valence-corrected chi connectivity index (χ4v) is 1.80. The molecular weight excluding hydrogens is 244 g/mol. The molecule has 2 aromatic rings. The van der Waals surface area contributed by atoms with Crippen molar-refractivity contribution in [1.82, 2.24) is 5.16 Å². The SMILES string of the molecule is COc1cc(CC(C)N)ccc1OCc1ccno1. The van der Waals surface area contributed by atoms with E-state index in [1.807, 2.05) is 25.1 Å². The maximum Gasteiger partial charge on any atom is 0.174 e. The third-order valence-electron chi connectivity index (χ3n) is 2.65. The Hall–Kier alpha value is -2.01. The first-order chi connectivity index (χ1) is 9.19. The molecular formula is C14H18N2O3. The van der Waals surface area contributed by atoms with Crippen LogP contribution in [0.1, 0.15) is 18.2 Å². The monoisotopic (exact) mass is 262 g/mol. The van der Waals surface area contributed by atoms with Crippen LogP contribution in [0.2, 0.25) is 0 Å². The van der Waals surface area contributed by atoms with Crippen molar-refractivity contribution in [3.8, 4) is 11.5 Å². The molecule has 1 aromatic carbocycles. The molecule has 0 bridgehead atoms. The predicted molar refractivity (Wildman–Crippen MR) is 71.2 cm³/mol. The van der Waals surface area contributed by atoms with E-state index in [9.17, 15) is 0 Å². The number of benzene rings is 1. The zero-order valence-corrected chi connectivity index (χ0v) is 11.1. The first-order valence-corrected chi connectivity index (χ1v) is 6.14. The Balaban J connectivity index is 2.07. The lowest BCUT2D eigenvalue weighted by atomic mass is 10.1. The van der Waals surface area contributed by atoms with Gasteiger partial charge in [0.05, 0.1) is 13.3 Å². The smallest absolute Gasteiger partial charge is 0.174 e. The highest BCUT2D eigenvalue weighted by molar-refractivity contribution is 5.43. The van der Waals surface area contributed by atoms with Crippen molar-refractivity contribution in [3.63, 3.8) is 0 Å². The van der Waals surface area contributed by atoms with Crippen molar-refractivity contribution in [1.29, 1.82) is 0 Å². The molecule has 0 spiro atoms. The molecule has 0 saturated heterocycles. The summed E-state index contributed by atoms with van der Waals surface area (Å²) in [7, 11) is 1.62. The Kier molecular flexibility index (Phi) is 4.41. The van der Waals surface area contributed by atoms with Crippen LogP contribution in [-0.4, -0.2) is 18.3 Å². The van der Waals surface area contributed by atoms with Crippen LogP contribution in [0.5, 0.6) is 11.5 Å². The minimum Gasteiger partial charge on any atom is -0.493 e. The molecule has 0 aliphatic heterocycles. The standard InChI is InChI=1S/C14H18N2O3/c1-10(15)7-11-3-4-13(14(8-11)17-2)18-9-12-5-6-16-19-12/h3-6,8,10H,7,9,15H2,1-2H3. The van der Waals surface area contributed by atoms with Gasteiger partial charge in [0.2, 0.25) is 0 Å². The van der Waals surface area contributed by atoms with Crippen molar-refractivity contribution >= 4 is 0 Å². The number of nitrogens with two attached hydrogens (primary N) is 1. The third-order valence-corrected chi connectivity index (χ3v) is 2.65. The largest absolute Gasteiger partial charge is 0.493 e. The van der Waals surface area contributed by atoms with E-state index in [1.54, 1.807) is 19.4 Å². The summed E-state index contributed by atoms with van der Waals surface area (Å²) < 4.78 is 15.9. The number of hydrogen-bond donors (Lipinski definition) is 1. The quantitative estimate of drug-likeness (QED) is 0.863. The van der Waals surface area contributed by atoms with E-state index in [0.717, 1.165) is 12.0 Å². The molecule has 1 heterocycles. The molecule has 0 amide bonds. The van der Waals surface area contributed by atoms with Gasteiger partial charge in [0.15, 0.2) is 17.3 Å². The van der Waals surface area contributed by atoms with E-state index in [4.69, 9.17) is 19.7 Å². The Morgan fingerprint density at radius 1 is 1.32 bits per heavy atom.